The topological polar surface area (TPSA) is 86.3 Å². The Morgan fingerprint density at radius 3 is 2.54 bits per heavy atom. The molecule has 8 nitrogen and oxygen atoms in total. The van der Waals surface area contributed by atoms with E-state index in [1.807, 2.05) is 13.0 Å². The molecule has 2 amide bonds. The summed E-state index contributed by atoms with van der Waals surface area (Å²) in [6.07, 6.45) is 0.0198. The third-order valence-electron chi connectivity index (χ3n) is 4.49. The normalized spacial score (nSPS) is 14.6. The zero-order chi connectivity index (χ0) is 20.5. The van der Waals surface area contributed by atoms with Crippen molar-refractivity contribution in [2.24, 2.45) is 4.99 Å². The van der Waals surface area contributed by atoms with E-state index < -0.39 is 0 Å². The molecule has 2 N–H and O–H groups in total. The largest absolute Gasteiger partial charge is 0.450 e. The van der Waals surface area contributed by atoms with Crippen LogP contribution in [0.5, 0.6) is 0 Å². The lowest BCUT2D eigenvalue weighted by molar-refractivity contribution is -0.116. The second kappa shape index (κ2) is 10.8. The highest BCUT2D eigenvalue weighted by molar-refractivity contribution is 6.31. The summed E-state index contributed by atoms with van der Waals surface area (Å²) < 4.78 is 5.03. The van der Waals surface area contributed by atoms with Gasteiger partial charge >= 0.3 is 6.09 Å². The average Bonchev–Trinajstić information content (AvgIpc) is 2.69. The molecule has 0 unspecified atom stereocenters. The molecule has 28 heavy (non-hydrogen) atoms. The first-order chi connectivity index (χ1) is 13.5. The van der Waals surface area contributed by atoms with Crippen molar-refractivity contribution in [3.63, 3.8) is 0 Å². The number of aliphatic imine (C=N–C) groups is 1. The Bertz CT molecular complexity index is 718. The molecule has 0 aliphatic carbocycles. The van der Waals surface area contributed by atoms with Crippen LogP contribution in [0.3, 0.4) is 0 Å². The Balaban J connectivity index is 1.76. The fourth-order valence-electron chi connectivity index (χ4n) is 2.89. The minimum Gasteiger partial charge on any atom is -0.450 e. The predicted molar refractivity (Wildman–Crippen MR) is 111 cm³/mol. The van der Waals surface area contributed by atoms with Crippen molar-refractivity contribution in [1.82, 2.24) is 15.1 Å². The van der Waals surface area contributed by atoms with Gasteiger partial charge in [-0.25, -0.2) is 4.79 Å². The number of anilines is 1. The number of guanidine groups is 1. The lowest BCUT2D eigenvalue weighted by Gasteiger charge is -2.35. The highest BCUT2D eigenvalue weighted by Crippen LogP contribution is 2.22. The van der Waals surface area contributed by atoms with E-state index in [4.69, 9.17) is 16.3 Å². The van der Waals surface area contributed by atoms with E-state index in [1.54, 1.807) is 31.0 Å². The van der Waals surface area contributed by atoms with Crippen molar-refractivity contribution >= 4 is 35.2 Å². The van der Waals surface area contributed by atoms with Crippen LogP contribution in [0, 0.1) is 6.92 Å². The average molecular weight is 410 g/mol. The molecule has 154 valence electrons. The summed E-state index contributed by atoms with van der Waals surface area (Å²) in [5, 5.41) is 6.71. The van der Waals surface area contributed by atoms with Gasteiger partial charge in [0.25, 0.3) is 0 Å². The predicted octanol–water partition coefficient (Wildman–Crippen LogP) is 2.33. The molecule has 1 heterocycles. The zero-order valence-electron chi connectivity index (χ0n) is 16.6. The summed E-state index contributed by atoms with van der Waals surface area (Å²) in [4.78, 5) is 32.0. The van der Waals surface area contributed by atoms with Crippen LogP contribution < -0.4 is 10.6 Å². The Kier molecular flexibility index (Phi) is 8.38. The monoisotopic (exact) mass is 409 g/mol. The number of nitrogens with one attached hydrogen (secondary N) is 2. The number of halogens is 1. The maximum Gasteiger partial charge on any atom is 0.409 e. The fourth-order valence-corrected chi connectivity index (χ4v) is 3.07. The van der Waals surface area contributed by atoms with Gasteiger partial charge in [-0.1, -0.05) is 17.7 Å². The van der Waals surface area contributed by atoms with Crippen molar-refractivity contribution in [3.8, 4) is 0 Å². The van der Waals surface area contributed by atoms with Crippen LogP contribution >= 0.6 is 11.6 Å². The number of piperazine rings is 1. The van der Waals surface area contributed by atoms with Gasteiger partial charge in [0.1, 0.15) is 0 Å². The van der Waals surface area contributed by atoms with E-state index >= 15 is 0 Å². The van der Waals surface area contributed by atoms with Crippen molar-refractivity contribution in [2.75, 3.05) is 51.7 Å². The number of ether oxygens (including phenoxy) is 1. The molecule has 2 rings (SSSR count). The van der Waals surface area contributed by atoms with Gasteiger partial charge in [-0.05, 0) is 31.5 Å². The first-order valence-electron chi connectivity index (χ1n) is 9.38. The maximum absolute atomic E-state index is 12.2. The number of rotatable bonds is 5. The number of carbonyl (C=O) groups excluding carboxylic acids is 2. The van der Waals surface area contributed by atoms with Crippen LogP contribution in [0.25, 0.3) is 0 Å². The second-order valence-electron chi connectivity index (χ2n) is 6.36. The quantitative estimate of drug-likeness (QED) is 0.575. The van der Waals surface area contributed by atoms with Crippen molar-refractivity contribution in [3.05, 3.63) is 28.8 Å². The molecule has 0 bridgehead atoms. The first-order valence-corrected chi connectivity index (χ1v) is 9.76. The Morgan fingerprint density at radius 1 is 1.21 bits per heavy atom. The molecule has 9 heteroatoms. The molecule has 1 fully saturated rings. The van der Waals surface area contributed by atoms with Crippen molar-refractivity contribution in [1.29, 1.82) is 0 Å². The molecule has 1 aromatic rings. The molecule has 0 aromatic heterocycles. The summed E-state index contributed by atoms with van der Waals surface area (Å²) >= 11 is 6.08. The van der Waals surface area contributed by atoms with Crippen LogP contribution in [-0.2, 0) is 9.53 Å². The van der Waals surface area contributed by atoms with E-state index in [0.717, 1.165) is 17.2 Å². The number of amides is 2. The lowest BCUT2D eigenvalue weighted by atomic mass is 10.2. The number of benzene rings is 1. The minimum atomic E-state index is -0.280. The van der Waals surface area contributed by atoms with Gasteiger partial charge in [0, 0.05) is 56.9 Å². The summed E-state index contributed by atoms with van der Waals surface area (Å²) in [5.74, 6) is 0.621. The standard InChI is InChI=1S/C19H28ClN5O3/c1-4-28-19(27)25-12-10-24(11-13-25)18(21-3)22-9-8-17(26)23-16-7-5-6-15(20)14(16)2/h5-7H,4,8-13H2,1-3H3,(H,21,22)(H,23,26). The minimum absolute atomic E-state index is 0.0968. The van der Waals surface area contributed by atoms with Gasteiger partial charge in [-0.3, -0.25) is 9.79 Å². The Labute approximate surface area is 170 Å². The molecule has 1 aliphatic heterocycles. The van der Waals surface area contributed by atoms with Gasteiger partial charge < -0.3 is 25.2 Å². The second-order valence-corrected chi connectivity index (χ2v) is 6.76. The zero-order valence-corrected chi connectivity index (χ0v) is 17.4. The molecule has 1 aliphatic rings. The number of hydrogen-bond acceptors (Lipinski definition) is 4. The number of nitrogens with zero attached hydrogens (tertiary/aromatic N) is 3. The summed E-state index contributed by atoms with van der Waals surface area (Å²) in [6.45, 7) is 6.97. The van der Waals surface area contributed by atoms with Crippen molar-refractivity contribution < 1.29 is 14.3 Å². The molecule has 0 atom stereocenters. The molecule has 0 radical (unpaired) electrons. The van der Waals surface area contributed by atoms with Crippen molar-refractivity contribution in [2.45, 2.75) is 20.3 Å². The first kappa shape index (κ1) is 21.8. The van der Waals surface area contributed by atoms with Crippen LogP contribution in [0.15, 0.2) is 23.2 Å². The molecule has 1 saturated heterocycles. The highest BCUT2D eigenvalue weighted by Gasteiger charge is 2.23. The Hall–Kier alpha value is -2.48. The molecular weight excluding hydrogens is 382 g/mol. The summed E-state index contributed by atoms with van der Waals surface area (Å²) in [6, 6.07) is 5.43. The van der Waals surface area contributed by atoms with E-state index in [0.29, 0.717) is 50.8 Å². The van der Waals surface area contributed by atoms with Gasteiger partial charge in [-0.2, -0.15) is 0 Å². The summed E-state index contributed by atoms with van der Waals surface area (Å²) in [5.41, 5.74) is 1.57. The van der Waals surface area contributed by atoms with Gasteiger partial charge in [-0.15, -0.1) is 0 Å². The van der Waals surface area contributed by atoms with E-state index in [-0.39, 0.29) is 12.0 Å². The number of carbonyl (C=O) groups is 2. The van der Waals surface area contributed by atoms with E-state index in [2.05, 4.69) is 20.5 Å². The molecule has 1 aromatic carbocycles. The highest BCUT2D eigenvalue weighted by atomic mass is 35.5. The van der Waals surface area contributed by atoms with Crippen LogP contribution in [0.4, 0.5) is 10.5 Å². The third-order valence-corrected chi connectivity index (χ3v) is 4.90. The Morgan fingerprint density at radius 2 is 1.89 bits per heavy atom. The van der Waals surface area contributed by atoms with Crippen LogP contribution in [-0.4, -0.2) is 74.1 Å². The third kappa shape index (κ3) is 6.02. The smallest absolute Gasteiger partial charge is 0.409 e. The van der Waals surface area contributed by atoms with Gasteiger partial charge in [0.2, 0.25) is 5.91 Å². The molecular formula is C19H28ClN5O3. The SMILES string of the molecule is CCOC(=O)N1CCN(C(=NC)NCCC(=O)Nc2cccc(Cl)c2C)CC1. The molecule has 0 spiro atoms. The summed E-state index contributed by atoms with van der Waals surface area (Å²) in [7, 11) is 1.70. The van der Waals surface area contributed by atoms with Gasteiger partial charge in [0.05, 0.1) is 6.61 Å². The number of hydrogen-bond donors (Lipinski definition) is 2. The van der Waals surface area contributed by atoms with E-state index in [1.165, 1.54) is 0 Å². The van der Waals surface area contributed by atoms with Crippen LogP contribution in [0.1, 0.15) is 18.9 Å². The van der Waals surface area contributed by atoms with Crippen LogP contribution in [0.2, 0.25) is 5.02 Å². The fraction of sp³-hybridized carbons (Fsp3) is 0.526. The van der Waals surface area contributed by atoms with E-state index in [9.17, 15) is 9.59 Å². The maximum atomic E-state index is 12.2. The molecule has 0 saturated carbocycles. The van der Waals surface area contributed by atoms with Gasteiger partial charge in [0.15, 0.2) is 5.96 Å². The lowest BCUT2D eigenvalue weighted by Crippen LogP contribution is -2.54.